The molecule has 1 saturated heterocycles. The topological polar surface area (TPSA) is 100 Å². The van der Waals surface area contributed by atoms with Gasteiger partial charge in [-0.1, -0.05) is 74.5 Å². The molecule has 46 heavy (non-hydrogen) atoms. The van der Waals surface area contributed by atoms with E-state index in [9.17, 15) is 14.4 Å². The number of anilines is 1. The number of hydrogen-bond donors (Lipinski definition) is 2. The molecule has 2 N–H and O–H groups in total. The number of carbonyl (C=O) groups is 3. The second kappa shape index (κ2) is 16.2. The molecule has 9 nitrogen and oxygen atoms in total. The van der Waals surface area contributed by atoms with Gasteiger partial charge in [-0.25, -0.2) is 9.59 Å². The molecule has 4 rings (SSSR count). The van der Waals surface area contributed by atoms with Crippen LogP contribution in [0.5, 0.6) is 5.75 Å². The van der Waals surface area contributed by atoms with Gasteiger partial charge in [0.1, 0.15) is 30.0 Å². The van der Waals surface area contributed by atoms with Crippen LogP contribution in [0.15, 0.2) is 84.9 Å². The maximum Gasteiger partial charge on any atom is 0.329 e. The number of piperazine rings is 1. The van der Waals surface area contributed by atoms with Gasteiger partial charge in [0.05, 0.1) is 0 Å². The first-order valence-corrected chi connectivity index (χ1v) is 16.1. The second-order valence-electron chi connectivity index (χ2n) is 13.2. The number of ether oxygens (including phenoxy) is 2. The average Bonchev–Trinajstić information content (AvgIpc) is 3.03. The average molecular weight is 629 g/mol. The minimum absolute atomic E-state index is 0.134. The van der Waals surface area contributed by atoms with Crippen molar-refractivity contribution in [2.75, 3.05) is 31.1 Å². The summed E-state index contributed by atoms with van der Waals surface area (Å²) in [6, 6.07) is 25.5. The van der Waals surface area contributed by atoms with E-state index < -0.39 is 29.6 Å². The maximum absolute atomic E-state index is 13.7. The first-order chi connectivity index (χ1) is 22.0. The second-order valence-corrected chi connectivity index (χ2v) is 13.2. The van der Waals surface area contributed by atoms with Crippen molar-refractivity contribution in [3.05, 3.63) is 96.1 Å². The molecule has 0 saturated carbocycles. The molecule has 0 aromatic heterocycles. The van der Waals surface area contributed by atoms with Gasteiger partial charge < -0.3 is 29.9 Å². The van der Waals surface area contributed by atoms with Crippen LogP contribution in [0.3, 0.4) is 0 Å². The van der Waals surface area contributed by atoms with E-state index in [4.69, 9.17) is 9.47 Å². The Balaban J connectivity index is 1.39. The molecule has 3 amide bonds. The van der Waals surface area contributed by atoms with Crippen LogP contribution in [0.25, 0.3) is 0 Å². The lowest BCUT2D eigenvalue weighted by Crippen LogP contribution is -2.58. The normalized spacial score (nSPS) is 14.7. The summed E-state index contributed by atoms with van der Waals surface area (Å²) < 4.78 is 11.6. The van der Waals surface area contributed by atoms with Gasteiger partial charge >= 0.3 is 12.0 Å². The molecule has 0 spiro atoms. The molecule has 3 aromatic carbocycles. The van der Waals surface area contributed by atoms with E-state index in [0.717, 1.165) is 16.8 Å². The van der Waals surface area contributed by atoms with Gasteiger partial charge in [0.2, 0.25) is 5.91 Å². The maximum atomic E-state index is 13.7. The van der Waals surface area contributed by atoms with Gasteiger partial charge in [0, 0.05) is 38.3 Å². The number of nitrogens with zero attached hydrogens (tertiary/aromatic N) is 2. The van der Waals surface area contributed by atoms with Gasteiger partial charge in [-0.05, 0) is 68.5 Å². The van der Waals surface area contributed by atoms with Crippen LogP contribution in [0.1, 0.15) is 52.2 Å². The Kier molecular flexibility index (Phi) is 12.1. The Morgan fingerprint density at radius 2 is 1.37 bits per heavy atom. The third-order valence-electron chi connectivity index (χ3n) is 7.63. The van der Waals surface area contributed by atoms with Crippen LogP contribution < -0.4 is 20.3 Å². The van der Waals surface area contributed by atoms with Gasteiger partial charge in [-0.3, -0.25) is 4.79 Å². The number of urea groups is 1. The lowest BCUT2D eigenvalue weighted by atomic mass is 10.0. The summed E-state index contributed by atoms with van der Waals surface area (Å²) >= 11 is 0. The lowest BCUT2D eigenvalue weighted by Gasteiger charge is -2.37. The molecular formula is C37H48N4O5. The van der Waals surface area contributed by atoms with Crippen LogP contribution in [-0.2, 0) is 27.4 Å². The lowest BCUT2D eigenvalue weighted by molar-refractivity contribution is -0.158. The van der Waals surface area contributed by atoms with Crippen LogP contribution in [0.4, 0.5) is 10.5 Å². The quantitative estimate of drug-likeness (QED) is 0.254. The fourth-order valence-corrected chi connectivity index (χ4v) is 5.29. The van der Waals surface area contributed by atoms with Gasteiger partial charge in [-0.15, -0.1) is 0 Å². The highest BCUT2D eigenvalue weighted by molar-refractivity contribution is 5.90. The SMILES string of the molecule is CC(C)C[C@H](NC(=O)N1CCN(c2ccccc2)CC1)C(=O)N[C@@H](Cc1ccc(OCc2ccccc2)cc1)C(=O)OC(C)(C)C. The van der Waals surface area contributed by atoms with Crippen LogP contribution in [0.2, 0.25) is 0 Å². The number of hydrogen-bond acceptors (Lipinski definition) is 6. The van der Waals surface area contributed by atoms with Crippen LogP contribution in [-0.4, -0.2) is 66.7 Å². The van der Waals surface area contributed by atoms with Gasteiger partial charge in [0.25, 0.3) is 0 Å². The van der Waals surface area contributed by atoms with Crippen LogP contribution in [0, 0.1) is 5.92 Å². The third-order valence-corrected chi connectivity index (χ3v) is 7.63. The van der Waals surface area contributed by atoms with Crippen molar-refractivity contribution in [2.45, 2.75) is 71.8 Å². The molecule has 9 heteroatoms. The smallest absolute Gasteiger partial charge is 0.329 e. The molecule has 1 heterocycles. The predicted octanol–water partition coefficient (Wildman–Crippen LogP) is 5.58. The summed E-state index contributed by atoms with van der Waals surface area (Å²) in [4.78, 5) is 44.3. The van der Waals surface area contributed by atoms with E-state index in [1.165, 1.54) is 0 Å². The zero-order chi connectivity index (χ0) is 33.1. The van der Waals surface area contributed by atoms with Crippen LogP contribution >= 0.6 is 0 Å². The monoisotopic (exact) mass is 628 g/mol. The Hall–Kier alpha value is -4.53. The molecule has 1 aliphatic rings. The van der Waals surface area contributed by atoms with Crippen molar-refractivity contribution in [1.82, 2.24) is 15.5 Å². The van der Waals surface area contributed by atoms with Crippen molar-refractivity contribution in [2.24, 2.45) is 5.92 Å². The van der Waals surface area contributed by atoms with E-state index >= 15 is 0 Å². The minimum atomic E-state index is -0.941. The van der Waals surface area contributed by atoms with Crippen molar-refractivity contribution in [3.8, 4) is 5.75 Å². The Morgan fingerprint density at radius 3 is 1.96 bits per heavy atom. The van der Waals surface area contributed by atoms with Gasteiger partial charge in [0.15, 0.2) is 0 Å². The highest BCUT2D eigenvalue weighted by Crippen LogP contribution is 2.19. The fourth-order valence-electron chi connectivity index (χ4n) is 5.29. The highest BCUT2D eigenvalue weighted by atomic mass is 16.6. The Labute approximate surface area is 273 Å². The van der Waals surface area contributed by atoms with Gasteiger partial charge in [-0.2, -0.15) is 0 Å². The largest absolute Gasteiger partial charge is 0.489 e. The van der Waals surface area contributed by atoms with E-state index in [1.807, 2.05) is 86.6 Å². The molecule has 1 fully saturated rings. The number of nitrogens with one attached hydrogen (secondary N) is 2. The fraction of sp³-hybridized carbons (Fsp3) is 0.432. The number of para-hydroxylation sites is 1. The molecule has 0 aliphatic carbocycles. The van der Waals surface area contributed by atoms with E-state index in [0.29, 0.717) is 45.0 Å². The number of rotatable bonds is 12. The molecule has 0 bridgehead atoms. The highest BCUT2D eigenvalue weighted by Gasteiger charge is 2.32. The molecule has 0 unspecified atom stereocenters. The third kappa shape index (κ3) is 10.8. The van der Waals surface area contributed by atoms with Crippen molar-refractivity contribution < 1.29 is 23.9 Å². The van der Waals surface area contributed by atoms with E-state index in [2.05, 4.69) is 27.7 Å². The van der Waals surface area contributed by atoms with Crippen molar-refractivity contribution in [3.63, 3.8) is 0 Å². The standard InChI is InChI=1S/C37H48N4O5/c1-27(2)24-32(39-36(44)41-22-20-40(21-23-41)30-14-10-7-11-15-30)34(42)38-33(35(43)46-37(3,4)5)25-28-16-18-31(19-17-28)45-26-29-12-8-6-9-13-29/h6-19,27,32-33H,20-26H2,1-5H3,(H,38,42)(H,39,44)/t32-,33-/m0/s1. The Morgan fingerprint density at radius 1 is 0.761 bits per heavy atom. The first-order valence-electron chi connectivity index (χ1n) is 16.1. The summed E-state index contributed by atoms with van der Waals surface area (Å²) in [5, 5.41) is 5.86. The summed E-state index contributed by atoms with van der Waals surface area (Å²) in [7, 11) is 0. The number of amides is 3. The summed E-state index contributed by atoms with van der Waals surface area (Å²) in [6.07, 6.45) is 0.652. The summed E-state index contributed by atoms with van der Waals surface area (Å²) in [5.41, 5.74) is 2.30. The summed E-state index contributed by atoms with van der Waals surface area (Å²) in [5.74, 6) is -0.107. The molecular weight excluding hydrogens is 580 g/mol. The molecule has 1 aliphatic heterocycles. The molecule has 246 valence electrons. The van der Waals surface area contributed by atoms with Crippen molar-refractivity contribution >= 4 is 23.6 Å². The number of benzene rings is 3. The van der Waals surface area contributed by atoms with E-state index in [1.54, 1.807) is 25.7 Å². The molecule has 0 radical (unpaired) electrons. The minimum Gasteiger partial charge on any atom is -0.489 e. The molecule has 2 atom stereocenters. The number of carbonyl (C=O) groups excluding carboxylic acids is 3. The number of esters is 1. The zero-order valence-electron chi connectivity index (χ0n) is 27.7. The predicted molar refractivity (Wildman–Crippen MR) is 181 cm³/mol. The molecule has 3 aromatic rings. The van der Waals surface area contributed by atoms with E-state index in [-0.39, 0.29) is 18.4 Å². The zero-order valence-corrected chi connectivity index (χ0v) is 27.7. The Bertz CT molecular complexity index is 1400. The summed E-state index contributed by atoms with van der Waals surface area (Å²) in [6.45, 7) is 12.3. The van der Waals surface area contributed by atoms with Crippen molar-refractivity contribution in [1.29, 1.82) is 0 Å². The first kappa shape index (κ1) is 34.3.